The number of nitrogens with zero attached hydrogens (tertiary/aromatic N) is 3. The lowest BCUT2D eigenvalue weighted by atomic mass is 9.83. The van der Waals surface area contributed by atoms with Gasteiger partial charge < -0.3 is 4.90 Å². The van der Waals surface area contributed by atoms with Crippen LogP contribution in [0.25, 0.3) is 5.57 Å². The molecule has 1 spiro atoms. The Labute approximate surface area is 194 Å². The van der Waals surface area contributed by atoms with Crippen LogP contribution in [0, 0.1) is 6.92 Å². The molecule has 2 aromatic carbocycles. The molecule has 32 heavy (non-hydrogen) atoms. The summed E-state index contributed by atoms with van der Waals surface area (Å²) in [7, 11) is 0. The van der Waals surface area contributed by atoms with E-state index in [9.17, 15) is 4.79 Å². The topological polar surface area (TPSA) is 35.9 Å². The van der Waals surface area contributed by atoms with Gasteiger partial charge in [-0.2, -0.15) is 0 Å². The fourth-order valence-corrected chi connectivity index (χ4v) is 4.77. The normalized spacial score (nSPS) is 23.4. The number of halogens is 1. The molecule has 1 aliphatic carbocycles. The predicted octanol–water partition coefficient (Wildman–Crippen LogP) is 4.61. The second-order valence-electron chi connectivity index (χ2n) is 8.66. The molecule has 162 valence electrons. The summed E-state index contributed by atoms with van der Waals surface area (Å²) < 4.78 is 0. The maximum absolute atomic E-state index is 12.0. The first-order chi connectivity index (χ1) is 15.5. The van der Waals surface area contributed by atoms with Crippen LogP contribution in [0.2, 0.25) is 0 Å². The van der Waals surface area contributed by atoms with Gasteiger partial charge in [-0.1, -0.05) is 71.8 Å². The zero-order valence-electron chi connectivity index (χ0n) is 18.2. The van der Waals surface area contributed by atoms with E-state index in [4.69, 9.17) is 16.6 Å². The molecule has 0 amide bonds. The number of hydrogen-bond acceptors (Lipinski definition) is 4. The summed E-state index contributed by atoms with van der Waals surface area (Å²) in [5.74, 6) is 0.789. The van der Waals surface area contributed by atoms with Crippen molar-refractivity contribution in [2.75, 3.05) is 26.2 Å². The van der Waals surface area contributed by atoms with Crippen molar-refractivity contribution < 1.29 is 4.79 Å². The Morgan fingerprint density at radius 3 is 2.41 bits per heavy atom. The molecule has 0 saturated carbocycles. The second-order valence-corrected chi connectivity index (χ2v) is 9.07. The monoisotopic (exact) mass is 443 g/mol. The highest BCUT2D eigenvalue weighted by atomic mass is 35.5. The molecule has 0 radical (unpaired) electrons. The minimum atomic E-state index is -0.722. The number of carbonyl (C=O) groups excluding carboxylic acids is 1. The number of ketones is 1. The summed E-state index contributed by atoms with van der Waals surface area (Å²) in [5, 5.41) is 0.224. The molecule has 0 aromatic heterocycles. The van der Waals surface area contributed by atoms with Gasteiger partial charge in [-0.05, 0) is 47.9 Å². The first-order valence-corrected chi connectivity index (χ1v) is 11.4. The molecule has 1 atom stereocenters. The summed E-state index contributed by atoms with van der Waals surface area (Å²) in [4.78, 5) is 21.9. The summed E-state index contributed by atoms with van der Waals surface area (Å²) in [6.07, 6.45) is 7.37. The van der Waals surface area contributed by atoms with E-state index in [0.29, 0.717) is 0 Å². The van der Waals surface area contributed by atoms with Crippen molar-refractivity contribution in [3.63, 3.8) is 0 Å². The van der Waals surface area contributed by atoms with E-state index >= 15 is 0 Å². The van der Waals surface area contributed by atoms with E-state index < -0.39 is 5.54 Å². The molecule has 0 N–H and O–H groups in total. The van der Waals surface area contributed by atoms with Gasteiger partial charge in [0.2, 0.25) is 0 Å². The molecule has 2 heterocycles. The molecule has 2 aliphatic heterocycles. The SMILES string of the molecule is Cc1ccc(CN2CCN(C3=NC4(C=CC(=O)C(Cl)=C4)C(c4ccccc4)=C3)CC2)cc1. The van der Waals surface area contributed by atoms with E-state index in [0.717, 1.165) is 49.7 Å². The highest BCUT2D eigenvalue weighted by molar-refractivity contribution is 6.45. The third kappa shape index (κ3) is 4.08. The molecule has 2 aromatic rings. The van der Waals surface area contributed by atoms with Crippen LogP contribution in [0.4, 0.5) is 0 Å². The number of rotatable bonds is 3. The minimum Gasteiger partial charge on any atom is -0.354 e. The third-order valence-electron chi connectivity index (χ3n) is 6.38. The van der Waals surface area contributed by atoms with Gasteiger partial charge in [-0.15, -0.1) is 0 Å². The van der Waals surface area contributed by atoms with Gasteiger partial charge in [0.05, 0.1) is 5.03 Å². The average Bonchev–Trinajstić information content (AvgIpc) is 3.18. The highest BCUT2D eigenvalue weighted by Gasteiger charge is 2.39. The molecule has 1 unspecified atom stereocenters. The molecule has 1 saturated heterocycles. The summed E-state index contributed by atoms with van der Waals surface area (Å²) in [6, 6.07) is 19.0. The zero-order chi connectivity index (χ0) is 22.1. The summed E-state index contributed by atoms with van der Waals surface area (Å²) in [5.41, 5.74) is 4.06. The number of aliphatic imine (C=N–C) groups is 1. The van der Waals surface area contributed by atoms with Crippen molar-refractivity contribution in [2.24, 2.45) is 4.99 Å². The number of aryl methyl sites for hydroxylation is 1. The first kappa shape index (κ1) is 20.9. The largest absolute Gasteiger partial charge is 0.354 e. The minimum absolute atomic E-state index is 0.168. The molecule has 3 aliphatic rings. The van der Waals surface area contributed by atoms with Gasteiger partial charge >= 0.3 is 0 Å². The quantitative estimate of drug-likeness (QED) is 0.695. The van der Waals surface area contributed by atoms with Crippen LogP contribution in [-0.2, 0) is 11.3 Å². The Morgan fingerprint density at radius 1 is 1.00 bits per heavy atom. The standard InChI is InChI=1S/C27H26ClN3O/c1-20-7-9-21(10-8-20)19-30-13-15-31(16-14-30)26-17-23(22-5-3-2-4-6-22)27(29-26)12-11-25(32)24(28)18-27/h2-12,17-18H,13-16,19H2,1H3. The van der Waals surface area contributed by atoms with Gasteiger partial charge in [0.25, 0.3) is 0 Å². The van der Waals surface area contributed by atoms with Crippen LogP contribution < -0.4 is 0 Å². The summed E-state index contributed by atoms with van der Waals surface area (Å²) >= 11 is 6.27. The van der Waals surface area contributed by atoms with Gasteiger partial charge in [-0.3, -0.25) is 9.69 Å². The van der Waals surface area contributed by atoms with Crippen molar-refractivity contribution in [1.82, 2.24) is 9.80 Å². The van der Waals surface area contributed by atoms with Crippen molar-refractivity contribution in [3.8, 4) is 0 Å². The van der Waals surface area contributed by atoms with Crippen LogP contribution in [0.15, 0.2) is 88.9 Å². The van der Waals surface area contributed by atoms with Gasteiger partial charge in [0, 0.05) is 32.7 Å². The van der Waals surface area contributed by atoms with E-state index in [1.54, 1.807) is 12.2 Å². The zero-order valence-corrected chi connectivity index (χ0v) is 18.9. The second kappa shape index (κ2) is 8.53. The number of hydrogen-bond donors (Lipinski definition) is 0. The van der Waals surface area contributed by atoms with Crippen LogP contribution in [0.3, 0.4) is 0 Å². The Balaban J connectivity index is 1.36. The highest BCUT2D eigenvalue weighted by Crippen LogP contribution is 2.41. The molecule has 0 bridgehead atoms. The molecule has 1 fully saturated rings. The van der Waals surface area contributed by atoms with Crippen LogP contribution in [0.1, 0.15) is 16.7 Å². The number of piperazine rings is 1. The van der Waals surface area contributed by atoms with Crippen molar-refractivity contribution in [1.29, 1.82) is 0 Å². The fourth-order valence-electron chi connectivity index (χ4n) is 4.54. The van der Waals surface area contributed by atoms with Crippen LogP contribution in [-0.4, -0.2) is 53.1 Å². The predicted molar refractivity (Wildman–Crippen MR) is 131 cm³/mol. The van der Waals surface area contributed by atoms with E-state index in [2.05, 4.69) is 59.2 Å². The van der Waals surface area contributed by atoms with E-state index in [1.165, 1.54) is 11.1 Å². The van der Waals surface area contributed by atoms with E-state index in [1.807, 2.05) is 24.3 Å². The summed E-state index contributed by atoms with van der Waals surface area (Å²) in [6.45, 7) is 6.89. The smallest absolute Gasteiger partial charge is 0.196 e. The molecular formula is C27H26ClN3O. The van der Waals surface area contributed by atoms with E-state index in [-0.39, 0.29) is 10.8 Å². The Hall–Kier alpha value is -2.95. The van der Waals surface area contributed by atoms with Crippen molar-refractivity contribution in [3.05, 3.63) is 101 Å². The lowest BCUT2D eigenvalue weighted by molar-refractivity contribution is -0.110. The van der Waals surface area contributed by atoms with Crippen LogP contribution in [0.5, 0.6) is 0 Å². The maximum atomic E-state index is 12.0. The average molecular weight is 444 g/mol. The molecule has 5 heteroatoms. The molecule has 5 rings (SSSR count). The number of benzene rings is 2. The molecule has 4 nitrogen and oxygen atoms in total. The third-order valence-corrected chi connectivity index (χ3v) is 6.68. The van der Waals surface area contributed by atoms with Crippen molar-refractivity contribution >= 4 is 28.8 Å². The Bertz CT molecular complexity index is 1140. The number of amidine groups is 1. The lowest BCUT2D eigenvalue weighted by Crippen LogP contribution is -2.47. The fraction of sp³-hybridized carbons (Fsp3) is 0.259. The van der Waals surface area contributed by atoms with Crippen LogP contribution >= 0.6 is 11.6 Å². The number of allylic oxidation sites excluding steroid dienone is 2. The van der Waals surface area contributed by atoms with Crippen molar-refractivity contribution in [2.45, 2.75) is 19.0 Å². The Kier molecular flexibility index (Phi) is 5.58. The lowest BCUT2D eigenvalue weighted by Gasteiger charge is -2.35. The van der Waals surface area contributed by atoms with Gasteiger partial charge in [0.1, 0.15) is 11.4 Å². The van der Waals surface area contributed by atoms with Gasteiger partial charge in [0.15, 0.2) is 5.78 Å². The Morgan fingerprint density at radius 2 is 1.72 bits per heavy atom. The number of carbonyl (C=O) groups is 1. The molecular weight excluding hydrogens is 418 g/mol. The first-order valence-electron chi connectivity index (χ1n) is 11.0. The van der Waals surface area contributed by atoms with Gasteiger partial charge in [-0.25, -0.2) is 4.99 Å². The maximum Gasteiger partial charge on any atom is 0.196 e.